The Balaban J connectivity index is 1.30. The molecule has 260 valence electrons. The summed E-state index contributed by atoms with van der Waals surface area (Å²) in [6.07, 6.45) is 6.23. The number of carbonyl (C=O) groups is 3. The van der Waals surface area contributed by atoms with Gasteiger partial charge < -0.3 is 42.2 Å². The third-order valence-corrected chi connectivity index (χ3v) is 9.93. The Morgan fingerprint density at radius 1 is 1.08 bits per heavy atom. The Bertz CT molecular complexity index is 1610. The lowest BCUT2D eigenvalue weighted by Gasteiger charge is -2.42. The lowest BCUT2D eigenvalue weighted by Crippen LogP contribution is -2.54. The fourth-order valence-corrected chi connectivity index (χ4v) is 7.00. The van der Waals surface area contributed by atoms with Crippen molar-refractivity contribution < 1.29 is 24.2 Å². The molecule has 1 saturated carbocycles. The summed E-state index contributed by atoms with van der Waals surface area (Å²) in [6.45, 7) is 6.06. The van der Waals surface area contributed by atoms with E-state index in [1.807, 2.05) is 4.90 Å². The summed E-state index contributed by atoms with van der Waals surface area (Å²) in [5.74, 6) is -1.01. The summed E-state index contributed by atoms with van der Waals surface area (Å²) in [6, 6.07) is 5.68. The van der Waals surface area contributed by atoms with Gasteiger partial charge in [-0.25, -0.2) is 4.98 Å². The first-order valence-electron chi connectivity index (χ1n) is 16.6. The number of likely N-dealkylation sites (tertiary alicyclic amines) is 1. The number of piperazine rings is 1. The van der Waals surface area contributed by atoms with E-state index in [2.05, 4.69) is 30.7 Å². The number of β-amino-alcohol motifs (C(OH)–C–C–N with tert-alkyl or cyclic N) is 1. The van der Waals surface area contributed by atoms with Crippen LogP contribution in [0.3, 0.4) is 0 Å². The highest BCUT2D eigenvalue weighted by atomic mass is 32.1. The maximum atomic E-state index is 13.5. The van der Waals surface area contributed by atoms with Crippen LogP contribution in [0.4, 0.5) is 5.69 Å². The molecule has 3 amide bonds. The van der Waals surface area contributed by atoms with Crippen molar-refractivity contribution in [1.29, 1.82) is 0 Å². The van der Waals surface area contributed by atoms with E-state index in [4.69, 9.17) is 39.7 Å². The molecule has 0 bridgehead atoms. The van der Waals surface area contributed by atoms with Crippen molar-refractivity contribution in [3.63, 3.8) is 0 Å². The molecule has 0 atom stereocenters. The number of carbonyl (C=O) groups excluding carboxylic acids is 3. The van der Waals surface area contributed by atoms with Crippen LogP contribution in [0.1, 0.15) is 35.4 Å². The first-order valence-corrected chi connectivity index (χ1v) is 17.4. The van der Waals surface area contributed by atoms with Crippen molar-refractivity contribution in [3.05, 3.63) is 52.6 Å². The van der Waals surface area contributed by atoms with Crippen molar-refractivity contribution in [2.75, 3.05) is 64.8 Å². The summed E-state index contributed by atoms with van der Waals surface area (Å²) in [4.78, 5) is 50.5. The van der Waals surface area contributed by atoms with Gasteiger partial charge in [0.2, 0.25) is 5.91 Å². The molecular formula is C32H42B3N9O5S. The lowest BCUT2D eigenvalue weighted by molar-refractivity contribution is -0.121. The Hall–Kier alpha value is -3.99. The molecule has 1 aliphatic carbocycles. The number of anilines is 1. The van der Waals surface area contributed by atoms with Gasteiger partial charge in [0, 0.05) is 63.8 Å². The zero-order valence-electron chi connectivity index (χ0n) is 28.2. The number of methoxy groups -OCH3 is 1. The number of nitrogens with two attached hydrogens (primary N) is 2. The predicted molar refractivity (Wildman–Crippen MR) is 194 cm³/mol. The van der Waals surface area contributed by atoms with Gasteiger partial charge >= 0.3 is 0 Å². The monoisotopic (exact) mass is 697 g/mol. The minimum atomic E-state index is -2.05. The van der Waals surface area contributed by atoms with Gasteiger partial charge in [0.05, 0.1) is 60.4 Å². The average molecular weight is 697 g/mol. The molecule has 50 heavy (non-hydrogen) atoms. The molecule has 2 aliphatic heterocycles. The second-order valence-corrected chi connectivity index (χ2v) is 13.8. The van der Waals surface area contributed by atoms with E-state index in [0.29, 0.717) is 52.6 Å². The number of hydrogen-bond acceptors (Lipinski definition) is 12. The maximum Gasteiger partial charge on any atom is 0.267 e. The number of piperidine rings is 1. The van der Waals surface area contributed by atoms with Crippen LogP contribution in [0.2, 0.25) is 0 Å². The van der Waals surface area contributed by atoms with Gasteiger partial charge in [-0.3, -0.25) is 24.2 Å². The number of nitrogens with zero attached hydrogens (tertiary/aromatic N) is 4. The first kappa shape index (κ1) is 37.3. The van der Waals surface area contributed by atoms with E-state index in [9.17, 15) is 19.5 Å². The summed E-state index contributed by atoms with van der Waals surface area (Å²) < 4.78 is 5.78. The highest BCUT2D eigenvalue weighted by Crippen LogP contribution is 2.39. The Morgan fingerprint density at radius 2 is 1.78 bits per heavy atom. The molecule has 1 aromatic heterocycles. The van der Waals surface area contributed by atoms with Crippen molar-refractivity contribution >= 4 is 58.3 Å². The van der Waals surface area contributed by atoms with E-state index in [1.165, 1.54) is 24.5 Å². The minimum absolute atomic E-state index is 0.00115. The molecule has 1 aromatic carbocycles. The maximum absolute atomic E-state index is 13.5. The molecular weight excluding hydrogens is 655 g/mol. The highest BCUT2D eigenvalue weighted by Gasteiger charge is 2.31. The zero-order valence-corrected chi connectivity index (χ0v) is 29.0. The highest BCUT2D eigenvalue weighted by molar-refractivity contribution is 7.17. The Morgan fingerprint density at radius 3 is 2.40 bits per heavy atom. The molecule has 3 fully saturated rings. The third kappa shape index (κ3) is 9.62. The minimum Gasteiger partial charge on any atom is -0.494 e. The van der Waals surface area contributed by atoms with Gasteiger partial charge in [0.1, 0.15) is 21.4 Å². The number of aliphatic hydroxyl groups is 1. The number of rotatable bonds is 13. The largest absolute Gasteiger partial charge is 0.494 e. The summed E-state index contributed by atoms with van der Waals surface area (Å²) in [7, 11) is 18.1. The van der Waals surface area contributed by atoms with Crippen LogP contribution < -0.4 is 32.2 Å². The fraction of sp³-hybridized carbons (Fsp3) is 0.500. The van der Waals surface area contributed by atoms with E-state index in [0.717, 1.165) is 51.9 Å². The average Bonchev–Trinajstić information content (AvgIpc) is 3.83. The topological polar surface area (TPSA) is 191 Å². The molecule has 8 N–H and O–H groups in total. The number of aromatic nitrogens is 1. The van der Waals surface area contributed by atoms with Crippen LogP contribution in [0.5, 0.6) is 5.75 Å². The van der Waals surface area contributed by atoms with E-state index >= 15 is 0 Å². The summed E-state index contributed by atoms with van der Waals surface area (Å²) in [5, 5.41) is 15.6. The van der Waals surface area contributed by atoms with Gasteiger partial charge in [-0.05, 0) is 37.8 Å². The first-order chi connectivity index (χ1) is 23.9. The van der Waals surface area contributed by atoms with E-state index in [-0.39, 0.29) is 41.6 Å². The second-order valence-electron chi connectivity index (χ2n) is 12.7. The number of amides is 3. The molecule has 0 spiro atoms. The quantitative estimate of drug-likeness (QED) is 0.0871. The van der Waals surface area contributed by atoms with Crippen LogP contribution in [-0.2, 0) is 9.59 Å². The number of para-hydroxylation sites is 1. The molecule has 2 saturated heterocycles. The fourth-order valence-electron chi connectivity index (χ4n) is 6.10. The van der Waals surface area contributed by atoms with E-state index < -0.39 is 11.1 Å². The van der Waals surface area contributed by atoms with Crippen molar-refractivity contribution in [2.45, 2.75) is 37.0 Å². The number of benzene rings is 1. The molecule has 3 aliphatic rings. The normalized spacial score (nSPS) is 18.7. The van der Waals surface area contributed by atoms with Gasteiger partial charge in [0.15, 0.2) is 5.75 Å². The third-order valence-electron chi connectivity index (χ3n) is 8.91. The van der Waals surface area contributed by atoms with Gasteiger partial charge in [-0.2, -0.15) is 0 Å². The molecule has 2 aromatic rings. The SMILES string of the molecule is [B]C([B])([B])NC(=O)/C(N)=C(/C=C(\N)NC(=O)C1CC1)Nc1cccc(-c2ncc(C(=O)N3CCC(N4CCN(CCO)CC4)CC3)s2)c1OC. The molecule has 3 heterocycles. The van der Waals surface area contributed by atoms with Crippen LogP contribution in [0, 0.1) is 5.92 Å². The van der Waals surface area contributed by atoms with Gasteiger partial charge in [0.25, 0.3) is 11.8 Å². The van der Waals surface area contributed by atoms with E-state index in [1.54, 1.807) is 24.4 Å². The number of allylic oxidation sites excluding steroid dienone is 1. The molecule has 6 radical (unpaired) electrons. The second kappa shape index (κ2) is 16.4. The molecule has 0 unspecified atom stereocenters. The van der Waals surface area contributed by atoms with Gasteiger partial charge in [-0.1, -0.05) is 11.3 Å². The number of nitrogens with one attached hydrogen (secondary N) is 3. The molecule has 18 heteroatoms. The number of aliphatic hydroxyl groups excluding tert-OH is 1. The van der Waals surface area contributed by atoms with Gasteiger partial charge in [-0.15, -0.1) is 11.3 Å². The Labute approximate surface area is 300 Å². The standard InChI is InChI=1S/C32H42B3N9O5S/c1-49-27-21(30-38-18-24(50-30)31(48)44-9-7-20(8-10-44)43-13-11-42(12-14-43)15-16-45)3-2-4-22(27)39-23(26(37)29(47)41-32(33,34)35)17-25(36)40-28(46)19-5-6-19/h2-4,17-20,39,45H,5-16,36-37H2,1H3,(H,40,46)(H,41,47)/b25-17+,26-23+. The van der Waals surface area contributed by atoms with Crippen molar-refractivity contribution in [1.82, 2.24) is 30.3 Å². The van der Waals surface area contributed by atoms with Crippen LogP contribution in [0.25, 0.3) is 10.6 Å². The lowest BCUT2D eigenvalue weighted by atomic mass is 9.49. The van der Waals surface area contributed by atoms with Crippen LogP contribution >= 0.6 is 11.3 Å². The Kier molecular flexibility index (Phi) is 12.2. The molecule has 14 nitrogen and oxygen atoms in total. The number of thiazole rings is 1. The van der Waals surface area contributed by atoms with Crippen LogP contribution in [-0.4, -0.2) is 137 Å². The number of hydrogen-bond donors (Lipinski definition) is 6. The summed E-state index contributed by atoms with van der Waals surface area (Å²) >= 11 is 1.25. The zero-order chi connectivity index (χ0) is 36.0. The smallest absolute Gasteiger partial charge is 0.267 e. The van der Waals surface area contributed by atoms with Crippen molar-refractivity contribution in [2.24, 2.45) is 17.4 Å². The molecule has 5 rings (SSSR count). The van der Waals surface area contributed by atoms with Crippen molar-refractivity contribution in [3.8, 4) is 16.3 Å². The number of ether oxygens (including phenoxy) is 1. The van der Waals surface area contributed by atoms with Crippen LogP contribution in [0.15, 0.2) is 47.7 Å². The predicted octanol–water partition coefficient (Wildman–Crippen LogP) is -0.825. The summed E-state index contributed by atoms with van der Waals surface area (Å²) in [5.41, 5.74) is 12.9.